The van der Waals surface area contributed by atoms with Gasteiger partial charge in [0, 0.05) is 12.0 Å². The first-order valence-corrected chi connectivity index (χ1v) is 5.01. The van der Waals surface area contributed by atoms with Crippen LogP contribution in [0.2, 0.25) is 0 Å². The minimum absolute atomic E-state index is 0.170. The topological polar surface area (TPSA) is 46.5 Å². The smallest absolute Gasteiger partial charge is 0.331 e. The highest BCUT2D eigenvalue weighted by Crippen LogP contribution is 2.26. The number of benzene rings is 1. The molecule has 86 valence electrons. The van der Waals surface area contributed by atoms with E-state index in [1.165, 1.54) is 0 Å². The van der Waals surface area contributed by atoms with Gasteiger partial charge in [0.1, 0.15) is 5.75 Å². The lowest BCUT2D eigenvalue weighted by atomic mass is 10.00. The van der Waals surface area contributed by atoms with Crippen LogP contribution in [0.3, 0.4) is 0 Å². The minimum Gasteiger partial charge on any atom is -0.496 e. The van der Waals surface area contributed by atoms with Gasteiger partial charge in [-0.05, 0) is 25.0 Å². The highest BCUT2D eigenvalue weighted by molar-refractivity contribution is 5.86. The molecule has 0 aliphatic heterocycles. The Morgan fingerprint density at radius 2 is 2.06 bits per heavy atom. The number of carbonyl (C=O) groups is 1. The summed E-state index contributed by atoms with van der Waals surface area (Å²) >= 11 is 0. The lowest BCUT2D eigenvalue weighted by Gasteiger charge is -2.12. The van der Waals surface area contributed by atoms with E-state index in [0.29, 0.717) is 6.42 Å². The monoisotopic (exact) mass is 220 g/mol. The van der Waals surface area contributed by atoms with Crippen LogP contribution in [-0.2, 0) is 11.2 Å². The maximum atomic E-state index is 10.7. The van der Waals surface area contributed by atoms with Crippen LogP contribution in [0.1, 0.15) is 16.7 Å². The second-order valence-electron chi connectivity index (χ2n) is 3.86. The molecule has 1 aromatic carbocycles. The third kappa shape index (κ3) is 2.63. The molecule has 0 saturated carbocycles. The molecule has 0 unspecified atom stereocenters. The summed E-state index contributed by atoms with van der Waals surface area (Å²) in [6.45, 7) is 7.44. The van der Waals surface area contributed by atoms with Gasteiger partial charge < -0.3 is 9.84 Å². The van der Waals surface area contributed by atoms with Crippen LogP contribution in [0.5, 0.6) is 5.75 Å². The number of carboxylic acid groups (broad SMARTS) is 1. The summed E-state index contributed by atoms with van der Waals surface area (Å²) in [7, 11) is 1.59. The van der Waals surface area contributed by atoms with Gasteiger partial charge in [0.05, 0.1) is 7.11 Å². The van der Waals surface area contributed by atoms with Crippen molar-refractivity contribution >= 4 is 5.97 Å². The first-order valence-electron chi connectivity index (χ1n) is 5.01. The van der Waals surface area contributed by atoms with Crippen molar-refractivity contribution in [2.24, 2.45) is 0 Å². The van der Waals surface area contributed by atoms with E-state index in [0.717, 1.165) is 22.4 Å². The van der Waals surface area contributed by atoms with Gasteiger partial charge in [-0.1, -0.05) is 24.3 Å². The van der Waals surface area contributed by atoms with Crippen LogP contribution in [0, 0.1) is 13.8 Å². The molecule has 1 aromatic rings. The third-order valence-electron chi connectivity index (χ3n) is 2.41. The van der Waals surface area contributed by atoms with E-state index in [-0.39, 0.29) is 5.57 Å². The molecule has 0 radical (unpaired) electrons. The van der Waals surface area contributed by atoms with Gasteiger partial charge in [-0.3, -0.25) is 0 Å². The van der Waals surface area contributed by atoms with Gasteiger partial charge in [-0.25, -0.2) is 4.79 Å². The normalized spacial score (nSPS) is 9.94. The average molecular weight is 220 g/mol. The van der Waals surface area contributed by atoms with E-state index in [2.05, 4.69) is 6.58 Å². The number of aliphatic carboxylic acids is 1. The molecule has 16 heavy (non-hydrogen) atoms. The zero-order valence-electron chi connectivity index (χ0n) is 9.83. The summed E-state index contributed by atoms with van der Waals surface area (Å²) in [6.07, 6.45) is 0.307. The molecule has 0 bridgehead atoms. The van der Waals surface area contributed by atoms with E-state index in [1.807, 2.05) is 26.0 Å². The largest absolute Gasteiger partial charge is 0.496 e. The third-order valence-corrected chi connectivity index (χ3v) is 2.41. The molecule has 3 heteroatoms. The summed E-state index contributed by atoms with van der Waals surface area (Å²) in [5, 5.41) is 8.81. The number of hydrogen-bond acceptors (Lipinski definition) is 2. The summed E-state index contributed by atoms with van der Waals surface area (Å²) in [5.41, 5.74) is 3.14. The van der Waals surface area contributed by atoms with Gasteiger partial charge in [0.2, 0.25) is 0 Å². The van der Waals surface area contributed by atoms with Crippen molar-refractivity contribution in [2.45, 2.75) is 20.3 Å². The number of aryl methyl sites for hydroxylation is 2. The predicted octanol–water partition coefficient (Wildman–Crippen LogP) is 2.50. The van der Waals surface area contributed by atoms with Gasteiger partial charge in [-0.2, -0.15) is 0 Å². The lowest BCUT2D eigenvalue weighted by molar-refractivity contribution is -0.132. The first kappa shape index (κ1) is 12.3. The second-order valence-corrected chi connectivity index (χ2v) is 3.86. The molecule has 0 spiro atoms. The Bertz CT molecular complexity index is 433. The van der Waals surface area contributed by atoms with Gasteiger partial charge in [0.15, 0.2) is 0 Å². The Morgan fingerprint density at radius 3 is 2.56 bits per heavy atom. The van der Waals surface area contributed by atoms with Gasteiger partial charge >= 0.3 is 5.97 Å². The fraction of sp³-hybridized carbons (Fsp3) is 0.308. The highest BCUT2D eigenvalue weighted by Gasteiger charge is 2.12. The second kappa shape index (κ2) is 4.84. The number of ether oxygens (including phenoxy) is 1. The summed E-state index contributed by atoms with van der Waals surface area (Å²) in [4.78, 5) is 10.7. The van der Waals surface area contributed by atoms with Crippen molar-refractivity contribution < 1.29 is 14.6 Å². The Balaban J connectivity index is 3.12. The maximum Gasteiger partial charge on any atom is 0.331 e. The number of hydrogen-bond donors (Lipinski definition) is 1. The van der Waals surface area contributed by atoms with E-state index < -0.39 is 5.97 Å². The molecule has 0 fully saturated rings. The molecule has 0 saturated heterocycles. The zero-order valence-corrected chi connectivity index (χ0v) is 9.83. The van der Waals surface area contributed by atoms with Crippen LogP contribution in [0.4, 0.5) is 0 Å². The molecular formula is C13H16O3. The average Bonchev–Trinajstić information content (AvgIpc) is 2.16. The molecule has 0 aliphatic rings. The van der Waals surface area contributed by atoms with Crippen molar-refractivity contribution in [3.63, 3.8) is 0 Å². The quantitative estimate of drug-likeness (QED) is 0.793. The fourth-order valence-electron chi connectivity index (χ4n) is 1.77. The summed E-state index contributed by atoms with van der Waals surface area (Å²) in [6, 6.07) is 3.94. The standard InChI is InChI=1S/C13H16O3/c1-8-5-9(2)12(16-4)11(6-8)7-10(3)13(14)15/h5-6H,3,7H2,1-2,4H3,(H,14,15). The highest BCUT2D eigenvalue weighted by atomic mass is 16.5. The van der Waals surface area contributed by atoms with Crippen LogP contribution in [0.25, 0.3) is 0 Å². The van der Waals surface area contributed by atoms with E-state index in [1.54, 1.807) is 7.11 Å². The molecule has 0 aromatic heterocycles. The Hall–Kier alpha value is -1.77. The maximum absolute atomic E-state index is 10.7. The molecule has 0 aliphatic carbocycles. The van der Waals surface area contributed by atoms with Crippen LogP contribution in [0.15, 0.2) is 24.3 Å². The van der Waals surface area contributed by atoms with Crippen molar-refractivity contribution in [1.82, 2.24) is 0 Å². The zero-order chi connectivity index (χ0) is 12.3. The number of carboxylic acids is 1. The van der Waals surface area contributed by atoms with E-state index >= 15 is 0 Å². The van der Waals surface area contributed by atoms with Crippen LogP contribution >= 0.6 is 0 Å². The molecule has 0 amide bonds. The molecule has 1 N–H and O–H groups in total. The number of rotatable bonds is 4. The summed E-state index contributed by atoms with van der Waals surface area (Å²) < 4.78 is 5.28. The first-order chi connectivity index (χ1) is 7.45. The van der Waals surface area contributed by atoms with Crippen LogP contribution < -0.4 is 4.74 Å². The minimum atomic E-state index is -0.971. The molecule has 0 heterocycles. The molecular weight excluding hydrogens is 204 g/mol. The van der Waals surface area contributed by atoms with Crippen LogP contribution in [-0.4, -0.2) is 18.2 Å². The van der Waals surface area contributed by atoms with Gasteiger partial charge in [-0.15, -0.1) is 0 Å². The molecule has 3 nitrogen and oxygen atoms in total. The van der Waals surface area contributed by atoms with Crippen molar-refractivity contribution in [3.05, 3.63) is 41.0 Å². The van der Waals surface area contributed by atoms with E-state index in [9.17, 15) is 4.79 Å². The fourth-order valence-corrected chi connectivity index (χ4v) is 1.77. The Kier molecular flexibility index (Phi) is 3.72. The summed E-state index contributed by atoms with van der Waals surface area (Å²) in [5.74, 6) is -0.228. The Morgan fingerprint density at radius 1 is 1.44 bits per heavy atom. The van der Waals surface area contributed by atoms with Gasteiger partial charge in [0.25, 0.3) is 0 Å². The molecule has 1 rings (SSSR count). The van der Waals surface area contributed by atoms with Crippen molar-refractivity contribution in [1.29, 1.82) is 0 Å². The van der Waals surface area contributed by atoms with Crippen molar-refractivity contribution in [3.8, 4) is 5.75 Å². The predicted molar refractivity (Wildman–Crippen MR) is 62.9 cm³/mol. The SMILES string of the molecule is C=C(Cc1cc(C)cc(C)c1OC)C(=O)O. The molecule has 0 atom stereocenters. The van der Waals surface area contributed by atoms with E-state index in [4.69, 9.17) is 9.84 Å². The van der Waals surface area contributed by atoms with Crippen molar-refractivity contribution in [2.75, 3.05) is 7.11 Å². The lowest BCUT2D eigenvalue weighted by Crippen LogP contribution is -2.04. The Labute approximate surface area is 95.4 Å². The number of methoxy groups -OCH3 is 1.